The van der Waals surface area contributed by atoms with E-state index < -0.39 is 12.1 Å². The van der Waals surface area contributed by atoms with Crippen molar-refractivity contribution in [1.82, 2.24) is 20.1 Å². The third-order valence-electron chi connectivity index (χ3n) is 4.89. The Hall–Kier alpha value is -1.92. The first kappa shape index (κ1) is 23.4. The van der Waals surface area contributed by atoms with Crippen LogP contribution in [0.5, 0.6) is 0 Å². The third-order valence-corrected chi connectivity index (χ3v) is 5.81. The van der Waals surface area contributed by atoms with Crippen molar-refractivity contribution in [1.29, 1.82) is 0 Å². The maximum Gasteiger partial charge on any atom is 0.490 e. The van der Waals surface area contributed by atoms with Crippen LogP contribution in [0.2, 0.25) is 0 Å². The number of carbonyl (C=O) groups is 2. The second-order valence-corrected chi connectivity index (χ2v) is 8.17. The van der Waals surface area contributed by atoms with Crippen molar-refractivity contribution in [2.75, 3.05) is 40.3 Å². The van der Waals surface area contributed by atoms with E-state index >= 15 is 0 Å². The summed E-state index contributed by atoms with van der Waals surface area (Å²) in [6.45, 7) is 6.52. The van der Waals surface area contributed by atoms with E-state index in [0.717, 1.165) is 31.9 Å². The number of rotatable bonds is 4. The lowest BCUT2D eigenvalue weighted by Gasteiger charge is -2.20. The number of fused-ring (bicyclic) bond motifs is 1. The van der Waals surface area contributed by atoms with Crippen molar-refractivity contribution in [2.45, 2.75) is 25.7 Å². The van der Waals surface area contributed by atoms with Gasteiger partial charge in [0.2, 0.25) is 0 Å². The largest absolute Gasteiger partial charge is 0.490 e. The summed E-state index contributed by atoms with van der Waals surface area (Å²) in [5.41, 5.74) is 3.05. The second-order valence-electron chi connectivity index (χ2n) is 7.23. The standard InChI is InChI=1S/C15H24N4O2S.C2HF3O2/c1-10-14(22-9-17-10)7-19-5-12-11(8-21-13(12)6-19)4-16-15(20)18(2)3;3-2(4,5)1(6)7/h9,11-13H,4-8H2,1-3H3,(H,16,20);(H,6,7)/t11-,12-,13-;/m1./s1. The molecule has 2 fully saturated rings. The molecule has 0 radical (unpaired) electrons. The van der Waals surface area contributed by atoms with E-state index in [9.17, 15) is 18.0 Å². The van der Waals surface area contributed by atoms with Crippen molar-refractivity contribution in [3.05, 3.63) is 16.1 Å². The molecule has 1 aromatic heterocycles. The Morgan fingerprint density at radius 2 is 2.07 bits per heavy atom. The van der Waals surface area contributed by atoms with Gasteiger partial charge in [-0.2, -0.15) is 13.2 Å². The number of carboxylic acids is 1. The van der Waals surface area contributed by atoms with E-state index in [4.69, 9.17) is 14.6 Å². The Bertz CT molecular complexity index is 713. The molecular weight excluding hydrogens is 413 g/mol. The highest BCUT2D eigenvalue weighted by molar-refractivity contribution is 7.09. The van der Waals surface area contributed by atoms with E-state index in [0.29, 0.717) is 24.5 Å². The fourth-order valence-electron chi connectivity index (χ4n) is 3.28. The van der Waals surface area contributed by atoms with Crippen molar-refractivity contribution in [3.63, 3.8) is 0 Å². The zero-order valence-corrected chi connectivity index (χ0v) is 17.2. The zero-order valence-electron chi connectivity index (χ0n) is 16.4. The molecule has 1 aromatic rings. The number of hydrogen-bond acceptors (Lipinski definition) is 6. The molecule has 2 N–H and O–H groups in total. The number of likely N-dealkylation sites (tertiary alicyclic amines) is 1. The van der Waals surface area contributed by atoms with Gasteiger partial charge < -0.3 is 20.1 Å². The number of amides is 2. The van der Waals surface area contributed by atoms with E-state index in [-0.39, 0.29) is 6.03 Å². The van der Waals surface area contributed by atoms with E-state index in [1.54, 1.807) is 30.3 Å². The summed E-state index contributed by atoms with van der Waals surface area (Å²) in [4.78, 5) is 30.2. The fourth-order valence-corrected chi connectivity index (χ4v) is 4.10. The van der Waals surface area contributed by atoms with E-state index in [1.807, 2.05) is 5.51 Å². The maximum absolute atomic E-state index is 11.7. The van der Waals surface area contributed by atoms with E-state index in [2.05, 4.69) is 22.1 Å². The van der Waals surface area contributed by atoms with Crippen LogP contribution in [0.25, 0.3) is 0 Å². The summed E-state index contributed by atoms with van der Waals surface area (Å²) in [6, 6.07) is -0.0291. The van der Waals surface area contributed by atoms with Gasteiger partial charge in [-0.05, 0) is 6.92 Å². The molecule has 29 heavy (non-hydrogen) atoms. The summed E-state index contributed by atoms with van der Waals surface area (Å²) in [5.74, 6) is -1.82. The number of urea groups is 1. The van der Waals surface area contributed by atoms with Crippen LogP contribution in [0.4, 0.5) is 18.0 Å². The highest BCUT2D eigenvalue weighted by Crippen LogP contribution is 2.34. The van der Waals surface area contributed by atoms with Gasteiger partial charge in [-0.3, -0.25) is 4.90 Å². The van der Waals surface area contributed by atoms with Crippen LogP contribution in [0.15, 0.2) is 5.51 Å². The van der Waals surface area contributed by atoms with Gasteiger partial charge in [0.15, 0.2) is 0 Å². The predicted molar refractivity (Wildman–Crippen MR) is 99.6 cm³/mol. The molecule has 0 unspecified atom stereocenters. The van der Waals surface area contributed by atoms with Crippen LogP contribution in [0.3, 0.4) is 0 Å². The Balaban J connectivity index is 0.000000370. The Labute approximate surface area is 170 Å². The predicted octanol–water partition coefficient (Wildman–Crippen LogP) is 1.80. The molecule has 0 spiro atoms. The molecule has 2 aliphatic heterocycles. The lowest BCUT2D eigenvalue weighted by Crippen LogP contribution is -2.39. The molecule has 0 aliphatic carbocycles. The number of aryl methyl sites for hydroxylation is 1. The van der Waals surface area contributed by atoms with Crippen LogP contribution in [-0.4, -0.2) is 84.5 Å². The van der Waals surface area contributed by atoms with Crippen molar-refractivity contribution in [2.24, 2.45) is 11.8 Å². The van der Waals surface area contributed by atoms with Crippen LogP contribution in [-0.2, 0) is 16.1 Å². The summed E-state index contributed by atoms with van der Waals surface area (Å²) >= 11 is 1.73. The first-order chi connectivity index (χ1) is 13.5. The third kappa shape index (κ3) is 6.54. The second kappa shape index (κ2) is 9.72. The number of halogens is 3. The molecule has 0 bridgehead atoms. The molecule has 0 saturated carbocycles. The number of hydrogen-bond donors (Lipinski definition) is 2. The molecule has 0 aromatic carbocycles. The molecule has 3 heterocycles. The zero-order chi connectivity index (χ0) is 21.8. The SMILES string of the molecule is Cc1ncsc1CN1C[C@@H]2[C@H](CNC(=O)N(C)C)CO[C@@H]2C1.O=C(O)C(F)(F)F. The normalized spacial score (nSPS) is 23.9. The minimum Gasteiger partial charge on any atom is -0.475 e. The van der Waals surface area contributed by atoms with Crippen LogP contribution in [0.1, 0.15) is 10.6 Å². The summed E-state index contributed by atoms with van der Waals surface area (Å²) in [5, 5.41) is 10.1. The minimum absolute atomic E-state index is 0.0291. The summed E-state index contributed by atoms with van der Waals surface area (Å²) in [6.07, 6.45) is -4.77. The monoisotopic (exact) mass is 438 g/mol. The number of alkyl halides is 3. The topological polar surface area (TPSA) is 95.0 Å². The highest BCUT2D eigenvalue weighted by atomic mass is 32.1. The molecule has 8 nitrogen and oxygen atoms in total. The smallest absolute Gasteiger partial charge is 0.475 e. The fraction of sp³-hybridized carbons (Fsp3) is 0.706. The van der Waals surface area contributed by atoms with Gasteiger partial charge >= 0.3 is 18.2 Å². The molecule has 3 atom stereocenters. The number of nitrogens with one attached hydrogen (secondary N) is 1. The van der Waals surface area contributed by atoms with Crippen LogP contribution in [0, 0.1) is 18.8 Å². The van der Waals surface area contributed by atoms with Gasteiger partial charge in [0.1, 0.15) is 0 Å². The quantitative estimate of drug-likeness (QED) is 0.745. The Kier molecular flexibility index (Phi) is 7.83. The summed E-state index contributed by atoms with van der Waals surface area (Å²) in [7, 11) is 3.52. The molecule has 2 aliphatic rings. The minimum atomic E-state index is -5.08. The van der Waals surface area contributed by atoms with Crippen molar-refractivity contribution < 1.29 is 32.6 Å². The molecule has 2 saturated heterocycles. The number of aliphatic carboxylic acids is 1. The van der Waals surface area contributed by atoms with Gasteiger partial charge in [0, 0.05) is 57.0 Å². The number of aromatic nitrogens is 1. The summed E-state index contributed by atoms with van der Waals surface area (Å²) < 4.78 is 37.7. The van der Waals surface area contributed by atoms with Gasteiger partial charge in [-0.1, -0.05) is 0 Å². The average Bonchev–Trinajstić information content (AvgIpc) is 3.30. The van der Waals surface area contributed by atoms with Crippen LogP contribution >= 0.6 is 11.3 Å². The number of thiazole rings is 1. The van der Waals surface area contributed by atoms with Crippen LogP contribution < -0.4 is 5.32 Å². The van der Waals surface area contributed by atoms with Gasteiger partial charge in [0.05, 0.1) is 23.9 Å². The Morgan fingerprint density at radius 1 is 1.41 bits per heavy atom. The molecule has 3 rings (SSSR count). The average molecular weight is 438 g/mol. The number of carbonyl (C=O) groups excluding carboxylic acids is 1. The van der Waals surface area contributed by atoms with Gasteiger partial charge in [0.25, 0.3) is 0 Å². The van der Waals surface area contributed by atoms with Gasteiger partial charge in [-0.25, -0.2) is 14.6 Å². The van der Waals surface area contributed by atoms with Gasteiger partial charge in [-0.15, -0.1) is 11.3 Å². The number of nitrogens with zero attached hydrogens (tertiary/aromatic N) is 3. The molecule has 12 heteroatoms. The van der Waals surface area contributed by atoms with E-state index in [1.165, 1.54) is 4.88 Å². The highest BCUT2D eigenvalue weighted by Gasteiger charge is 2.43. The van der Waals surface area contributed by atoms with Crippen molar-refractivity contribution in [3.8, 4) is 0 Å². The van der Waals surface area contributed by atoms with Crippen molar-refractivity contribution >= 4 is 23.3 Å². The number of carboxylic acid groups (broad SMARTS) is 1. The number of ether oxygens (including phenoxy) is 1. The molecule has 2 amide bonds. The molecular formula is C17H25F3N4O4S. The first-order valence-corrected chi connectivity index (χ1v) is 9.85. The molecule has 164 valence electrons. The lowest BCUT2D eigenvalue weighted by molar-refractivity contribution is -0.192. The first-order valence-electron chi connectivity index (χ1n) is 8.97. The maximum atomic E-state index is 11.7. The lowest BCUT2D eigenvalue weighted by atomic mass is 9.93. The Morgan fingerprint density at radius 3 is 2.59 bits per heavy atom.